The minimum Gasteiger partial charge on any atom is -0.367 e. The fourth-order valence-corrected chi connectivity index (χ4v) is 4.37. The summed E-state index contributed by atoms with van der Waals surface area (Å²) in [5, 5.41) is 7.29. The molecule has 5 rings (SSSR count). The number of halogens is 3. The summed E-state index contributed by atoms with van der Waals surface area (Å²) < 4.78 is 39.8. The van der Waals surface area contributed by atoms with E-state index in [0.29, 0.717) is 42.5 Å². The normalized spacial score (nSPS) is 22.1. The molecule has 1 saturated heterocycles. The number of hydrogen-bond donors (Lipinski definition) is 1. The van der Waals surface area contributed by atoms with Crippen LogP contribution in [0.25, 0.3) is 5.69 Å². The molecular formula is C22H22F3N7O. The van der Waals surface area contributed by atoms with Crippen molar-refractivity contribution in [3.8, 4) is 5.69 Å². The summed E-state index contributed by atoms with van der Waals surface area (Å²) in [6.45, 7) is 2.82. The van der Waals surface area contributed by atoms with Crippen molar-refractivity contribution in [3.63, 3.8) is 0 Å². The molecule has 2 aliphatic rings. The number of fused-ring (bicyclic) bond motifs is 1. The molecule has 3 aromatic heterocycles. The van der Waals surface area contributed by atoms with E-state index in [1.54, 1.807) is 23.1 Å². The van der Waals surface area contributed by atoms with E-state index in [9.17, 15) is 18.0 Å². The lowest BCUT2D eigenvalue weighted by molar-refractivity contribution is -0.141. The van der Waals surface area contributed by atoms with Crippen molar-refractivity contribution in [1.82, 2.24) is 29.6 Å². The number of likely N-dealkylation sites (tertiary alicyclic amines) is 1. The van der Waals surface area contributed by atoms with Crippen LogP contribution in [0.15, 0.2) is 43.0 Å². The lowest BCUT2D eigenvalue weighted by Crippen LogP contribution is -2.48. The van der Waals surface area contributed by atoms with Crippen LogP contribution in [0.1, 0.15) is 34.7 Å². The molecule has 1 aliphatic heterocycles. The third-order valence-electron chi connectivity index (χ3n) is 6.20. The van der Waals surface area contributed by atoms with Crippen molar-refractivity contribution in [3.05, 3.63) is 60.1 Å². The lowest BCUT2D eigenvalue weighted by atomic mass is 10.0. The lowest BCUT2D eigenvalue weighted by Gasteiger charge is -2.35. The zero-order chi connectivity index (χ0) is 23.2. The van der Waals surface area contributed by atoms with E-state index in [2.05, 4.69) is 25.4 Å². The van der Waals surface area contributed by atoms with Gasteiger partial charge < -0.3 is 10.2 Å². The number of alkyl halides is 3. The van der Waals surface area contributed by atoms with Gasteiger partial charge in [-0.05, 0) is 49.8 Å². The number of carbonyl (C=O) groups excluding carboxylic acids is 1. The van der Waals surface area contributed by atoms with E-state index in [4.69, 9.17) is 0 Å². The number of nitrogens with one attached hydrogen (secondary N) is 1. The van der Waals surface area contributed by atoms with Crippen molar-refractivity contribution >= 4 is 11.7 Å². The first-order valence-electron chi connectivity index (χ1n) is 10.7. The van der Waals surface area contributed by atoms with Gasteiger partial charge >= 0.3 is 6.18 Å². The van der Waals surface area contributed by atoms with Gasteiger partial charge in [0.25, 0.3) is 5.91 Å². The van der Waals surface area contributed by atoms with Gasteiger partial charge in [0.05, 0.1) is 18.1 Å². The van der Waals surface area contributed by atoms with Gasteiger partial charge in [-0.1, -0.05) is 0 Å². The topological polar surface area (TPSA) is 88.8 Å². The molecule has 1 aliphatic carbocycles. The first kappa shape index (κ1) is 21.4. The van der Waals surface area contributed by atoms with Crippen LogP contribution in [0.2, 0.25) is 0 Å². The monoisotopic (exact) mass is 457 g/mol. The van der Waals surface area contributed by atoms with E-state index in [1.165, 1.54) is 0 Å². The van der Waals surface area contributed by atoms with Gasteiger partial charge in [-0.2, -0.15) is 18.3 Å². The maximum Gasteiger partial charge on any atom is 0.434 e. The van der Waals surface area contributed by atoms with Gasteiger partial charge in [-0.3, -0.25) is 4.79 Å². The number of hydrogen-bond acceptors (Lipinski definition) is 6. The highest BCUT2D eigenvalue weighted by Gasteiger charge is 2.47. The van der Waals surface area contributed by atoms with E-state index >= 15 is 0 Å². The van der Waals surface area contributed by atoms with E-state index in [0.717, 1.165) is 24.7 Å². The van der Waals surface area contributed by atoms with Gasteiger partial charge in [-0.25, -0.2) is 19.6 Å². The summed E-state index contributed by atoms with van der Waals surface area (Å²) >= 11 is 0. The van der Waals surface area contributed by atoms with Crippen LogP contribution >= 0.6 is 0 Å². The summed E-state index contributed by atoms with van der Waals surface area (Å²) in [4.78, 5) is 27.3. The molecule has 3 aromatic rings. The quantitative estimate of drug-likeness (QED) is 0.632. The second kappa shape index (κ2) is 8.13. The maximum atomic E-state index is 13.7. The van der Waals surface area contributed by atoms with Crippen LogP contribution in [0.5, 0.6) is 0 Å². The van der Waals surface area contributed by atoms with Crippen LogP contribution in [0, 0.1) is 18.8 Å². The molecule has 8 nitrogen and oxygen atoms in total. The Morgan fingerprint density at radius 3 is 2.73 bits per heavy atom. The number of rotatable bonds is 5. The van der Waals surface area contributed by atoms with Crippen LogP contribution in [-0.2, 0) is 6.18 Å². The zero-order valence-corrected chi connectivity index (χ0v) is 17.8. The fraction of sp³-hybridized carbons (Fsp3) is 0.409. The average Bonchev–Trinajstić information content (AvgIpc) is 3.34. The highest BCUT2D eigenvalue weighted by atomic mass is 19.4. The summed E-state index contributed by atoms with van der Waals surface area (Å²) in [5.41, 5.74) is 0.622. The van der Waals surface area contributed by atoms with Crippen LogP contribution in [-0.4, -0.2) is 54.7 Å². The molecule has 4 heterocycles. The molecule has 11 heteroatoms. The predicted octanol–water partition coefficient (Wildman–Crippen LogP) is 3.35. The number of piperidine rings is 1. The molecule has 0 radical (unpaired) electrons. The minimum atomic E-state index is -4.54. The molecule has 172 valence electrons. The van der Waals surface area contributed by atoms with Gasteiger partial charge in [0.1, 0.15) is 5.82 Å². The summed E-state index contributed by atoms with van der Waals surface area (Å²) in [5.74, 6) is 1.10. The zero-order valence-electron chi connectivity index (χ0n) is 17.8. The summed E-state index contributed by atoms with van der Waals surface area (Å²) in [7, 11) is 0. The van der Waals surface area contributed by atoms with Gasteiger partial charge in [-0.15, -0.1) is 0 Å². The Balaban J connectivity index is 1.36. The molecule has 33 heavy (non-hydrogen) atoms. The smallest absolute Gasteiger partial charge is 0.367 e. The number of nitrogens with zero attached hydrogens (tertiary/aromatic N) is 6. The number of aromatic nitrogens is 5. The number of carbonyl (C=O) groups is 1. The SMILES string of the molecule is Cc1ccc(-n2cccn2)c(C(=O)N2CC3CC3CC2CNc2cnc(C(F)(F)F)cn2)n1. The molecule has 0 spiro atoms. The Morgan fingerprint density at radius 2 is 2.03 bits per heavy atom. The highest BCUT2D eigenvalue weighted by Crippen LogP contribution is 2.47. The molecular weight excluding hydrogens is 435 g/mol. The van der Waals surface area contributed by atoms with E-state index in [-0.39, 0.29) is 17.8 Å². The third-order valence-corrected chi connectivity index (χ3v) is 6.20. The Morgan fingerprint density at radius 1 is 1.18 bits per heavy atom. The summed E-state index contributed by atoms with van der Waals surface area (Å²) in [6, 6.07) is 5.31. The Hall–Kier alpha value is -3.50. The summed E-state index contributed by atoms with van der Waals surface area (Å²) in [6.07, 6.45) is 2.53. The van der Waals surface area contributed by atoms with Crippen molar-refractivity contribution in [2.24, 2.45) is 11.8 Å². The van der Waals surface area contributed by atoms with Crippen molar-refractivity contribution in [2.45, 2.75) is 32.0 Å². The first-order valence-corrected chi connectivity index (χ1v) is 10.7. The molecule has 1 amide bonds. The van der Waals surface area contributed by atoms with Crippen molar-refractivity contribution in [2.75, 3.05) is 18.4 Å². The molecule has 1 saturated carbocycles. The van der Waals surface area contributed by atoms with Crippen molar-refractivity contribution in [1.29, 1.82) is 0 Å². The Bertz CT molecular complexity index is 1150. The molecule has 2 fully saturated rings. The number of anilines is 1. The Labute approximate surface area is 187 Å². The molecule has 1 N–H and O–H groups in total. The number of aryl methyl sites for hydroxylation is 1. The number of amides is 1. The van der Waals surface area contributed by atoms with Gasteiger partial charge in [0, 0.05) is 37.2 Å². The van der Waals surface area contributed by atoms with Crippen LogP contribution < -0.4 is 5.32 Å². The number of pyridine rings is 1. The predicted molar refractivity (Wildman–Crippen MR) is 113 cm³/mol. The Kier molecular flexibility index (Phi) is 5.26. The largest absolute Gasteiger partial charge is 0.434 e. The van der Waals surface area contributed by atoms with E-state index < -0.39 is 11.9 Å². The second-order valence-electron chi connectivity index (χ2n) is 8.54. The average molecular weight is 457 g/mol. The van der Waals surface area contributed by atoms with Gasteiger partial charge in [0.2, 0.25) is 0 Å². The first-order chi connectivity index (χ1) is 15.8. The maximum absolute atomic E-state index is 13.7. The minimum absolute atomic E-state index is 0.141. The highest BCUT2D eigenvalue weighted by molar-refractivity contribution is 5.96. The second-order valence-corrected chi connectivity index (χ2v) is 8.54. The van der Waals surface area contributed by atoms with Crippen LogP contribution in [0.4, 0.5) is 19.0 Å². The molecule has 3 unspecified atom stereocenters. The molecule has 0 aromatic carbocycles. The van der Waals surface area contributed by atoms with E-state index in [1.807, 2.05) is 24.0 Å². The van der Waals surface area contributed by atoms with Gasteiger partial charge in [0.15, 0.2) is 11.4 Å². The third kappa shape index (κ3) is 4.39. The fourth-order valence-electron chi connectivity index (χ4n) is 4.37. The standard InChI is InChI=1S/C22H22F3N7O/c1-13-3-4-17(32-6-2-5-29-32)20(30-13)21(33)31-12-15-7-14(15)8-16(31)9-27-19-11-26-18(10-28-19)22(23,24)25/h2-6,10-11,14-16H,7-9,12H2,1H3,(H,27,28). The van der Waals surface area contributed by atoms with Crippen LogP contribution in [0.3, 0.4) is 0 Å². The molecule has 3 atom stereocenters. The van der Waals surface area contributed by atoms with Crippen molar-refractivity contribution < 1.29 is 18.0 Å². The molecule has 0 bridgehead atoms.